The van der Waals surface area contributed by atoms with E-state index in [4.69, 9.17) is 15.4 Å². The molecule has 6 heteroatoms. The molecule has 1 amide bonds. The van der Waals surface area contributed by atoms with Crippen molar-refractivity contribution in [2.75, 3.05) is 13.2 Å². The summed E-state index contributed by atoms with van der Waals surface area (Å²) in [6, 6.07) is 1.95. The standard InChI is InChI=1S/C13H23N3O3/c1-3-10(4-2)16(6-7-17)9-12-11(5-8-19-12)13(18)15-14/h5,8,10,17H,3-4,6-7,9,14H2,1-2H3,(H,15,18). The first kappa shape index (κ1) is 15.7. The minimum atomic E-state index is -0.364. The summed E-state index contributed by atoms with van der Waals surface area (Å²) in [4.78, 5) is 13.7. The molecule has 0 aliphatic rings. The molecule has 0 fully saturated rings. The summed E-state index contributed by atoms with van der Waals surface area (Å²) in [6.07, 6.45) is 3.44. The maximum absolute atomic E-state index is 11.6. The second kappa shape index (κ2) is 7.93. The molecule has 19 heavy (non-hydrogen) atoms. The number of nitrogen functional groups attached to an aromatic ring is 1. The van der Waals surface area contributed by atoms with Crippen molar-refractivity contribution in [2.45, 2.75) is 39.3 Å². The van der Waals surface area contributed by atoms with Crippen molar-refractivity contribution < 1.29 is 14.3 Å². The average Bonchev–Trinajstić information content (AvgIpc) is 2.87. The van der Waals surface area contributed by atoms with Crippen LogP contribution in [0.4, 0.5) is 0 Å². The first-order valence-electron chi connectivity index (χ1n) is 6.60. The Morgan fingerprint density at radius 1 is 1.53 bits per heavy atom. The molecule has 0 saturated heterocycles. The van der Waals surface area contributed by atoms with Gasteiger partial charge in [0.2, 0.25) is 0 Å². The van der Waals surface area contributed by atoms with Gasteiger partial charge in [0.1, 0.15) is 5.76 Å². The van der Waals surface area contributed by atoms with Gasteiger partial charge in [0.05, 0.1) is 25.0 Å². The number of aliphatic hydroxyl groups is 1. The average molecular weight is 269 g/mol. The third-order valence-corrected chi connectivity index (χ3v) is 3.31. The van der Waals surface area contributed by atoms with Crippen LogP contribution in [0.3, 0.4) is 0 Å². The molecular formula is C13H23N3O3. The van der Waals surface area contributed by atoms with Crippen LogP contribution in [0.15, 0.2) is 16.7 Å². The summed E-state index contributed by atoms with van der Waals surface area (Å²) in [6.45, 7) is 5.33. The van der Waals surface area contributed by atoms with Crippen LogP contribution < -0.4 is 11.3 Å². The zero-order valence-corrected chi connectivity index (χ0v) is 11.6. The smallest absolute Gasteiger partial charge is 0.268 e. The highest BCUT2D eigenvalue weighted by Crippen LogP contribution is 2.17. The van der Waals surface area contributed by atoms with Crippen LogP contribution in [0.1, 0.15) is 42.8 Å². The van der Waals surface area contributed by atoms with Crippen molar-refractivity contribution >= 4 is 5.91 Å². The molecule has 0 aliphatic heterocycles. The zero-order chi connectivity index (χ0) is 14.3. The van der Waals surface area contributed by atoms with Gasteiger partial charge in [-0.1, -0.05) is 13.8 Å². The molecule has 0 unspecified atom stereocenters. The molecular weight excluding hydrogens is 246 g/mol. The topological polar surface area (TPSA) is 91.7 Å². The van der Waals surface area contributed by atoms with Gasteiger partial charge in [-0.15, -0.1) is 0 Å². The molecule has 0 radical (unpaired) electrons. The summed E-state index contributed by atoms with van der Waals surface area (Å²) in [7, 11) is 0. The Balaban J connectivity index is 2.84. The third kappa shape index (κ3) is 4.05. The number of hydrogen-bond donors (Lipinski definition) is 3. The van der Waals surface area contributed by atoms with Crippen LogP contribution in [0.5, 0.6) is 0 Å². The van der Waals surface area contributed by atoms with Gasteiger partial charge < -0.3 is 9.52 Å². The number of aliphatic hydroxyl groups excluding tert-OH is 1. The molecule has 0 atom stereocenters. The number of carbonyl (C=O) groups excluding carboxylic acids is 1. The normalized spacial score (nSPS) is 11.3. The number of furan rings is 1. The highest BCUT2D eigenvalue weighted by Gasteiger charge is 2.20. The summed E-state index contributed by atoms with van der Waals surface area (Å²) in [5, 5.41) is 9.16. The summed E-state index contributed by atoms with van der Waals surface area (Å²) in [5.41, 5.74) is 2.54. The van der Waals surface area contributed by atoms with E-state index in [1.807, 2.05) is 0 Å². The first-order chi connectivity index (χ1) is 9.17. The lowest BCUT2D eigenvalue weighted by Crippen LogP contribution is -2.37. The van der Waals surface area contributed by atoms with Crippen molar-refractivity contribution in [1.82, 2.24) is 10.3 Å². The van der Waals surface area contributed by atoms with E-state index in [2.05, 4.69) is 24.2 Å². The molecule has 1 aromatic heterocycles. The number of hydrazine groups is 1. The Labute approximate surface area is 113 Å². The van der Waals surface area contributed by atoms with E-state index in [1.165, 1.54) is 6.26 Å². The molecule has 1 heterocycles. The van der Waals surface area contributed by atoms with Crippen LogP contribution in [0.25, 0.3) is 0 Å². The molecule has 0 aliphatic carbocycles. The maximum Gasteiger partial charge on any atom is 0.268 e. The van der Waals surface area contributed by atoms with Crippen molar-refractivity contribution in [3.63, 3.8) is 0 Å². The molecule has 1 rings (SSSR count). The second-order valence-corrected chi connectivity index (χ2v) is 4.40. The van der Waals surface area contributed by atoms with E-state index in [0.717, 1.165) is 12.8 Å². The highest BCUT2D eigenvalue weighted by molar-refractivity contribution is 5.94. The fourth-order valence-electron chi connectivity index (χ4n) is 2.25. The summed E-state index contributed by atoms with van der Waals surface area (Å²) in [5.74, 6) is 5.35. The quantitative estimate of drug-likeness (QED) is 0.370. The van der Waals surface area contributed by atoms with Crippen LogP contribution in [-0.4, -0.2) is 35.1 Å². The Kier molecular flexibility index (Phi) is 6.55. The van der Waals surface area contributed by atoms with Crippen LogP contribution in [0, 0.1) is 0 Å². The van der Waals surface area contributed by atoms with E-state index >= 15 is 0 Å². The Hall–Kier alpha value is -1.37. The van der Waals surface area contributed by atoms with Gasteiger partial charge >= 0.3 is 0 Å². The zero-order valence-electron chi connectivity index (χ0n) is 11.6. The second-order valence-electron chi connectivity index (χ2n) is 4.40. The van der Waals surface area contributed by atoms with Crippen molar-refractivity contribution in [3.05, 3.63) is 23.7 Å². The fraction of sp³-hybridized carbons (Fsp3) is 0.615. The molecule has 108 valence electrons. The predicted octanol–water partition coefficient (Wildman–Crippen LogP) is 0.866. The molecule has 4 N–H and O–H groups in total. The molecule has 0 saturated carbocycles. The Morgan fingerprint density at radius 3 is 2.74 bits per heavy atom. The first-order valence-corrected chi connectivity index (χ1v) is 6.60. The third-order valence-electron chi connectivity index (χ3n) is 3.31. The predicted molar refractivity (Wildman–Crippen MR) is 72.2 cm³/mol. The minimum Gasteiger partial charge on any atom is -0.467 e. The largest absolute Gasteiger partial charge is 0.467 e. The molecule has 6 nitrogen and oxygen atoms in total. The fourth-order valence-corrected chi connectivity index (χ4v) is 2.25. The summed E-state index contributed by atoms with van der Waals surface area (Å²) >= 11 is 0. The van der Waals surface area contributed by atoms with Gasteiger partial charge in [-0.25, -0.2) is 5.84 Å². The van der Waals surface area contributed by atoms with E-state index in [0.29, 0.717) is 30.5 Å². The Bertz CT molecular complexity index is 388. The van der Waals surface area contributed by atoms with Crippen molar-refractivity contribution in [3.8, 4) is 0 Å². The van der Waals surface area contributed by atoms with Crippen molar-refractivity contribution in [1.29, 1.82) is 0 Å². The maximum atomic E-state index is 11.6. The van der Waals surface area contributed by atoms with Gasteiger partial charge in [0.25, 0.3) is 5.91 Å². The SMILES string of the molecule is CCC(CC)N(CCO)Cc1occc1C(=O)NN. The number of rotatable bonds is 8. The van der Waals surface area contributed by atoms with Gasteiger partial charge in [0, 0.05) is 12.6 Å². The minimum absolute atomic E-state index is 0.0790. The van der Waals surface area contributed by atoms with Crippen molar-refractivity contribution in [2.24, 2.45) is 5.84 Å². The van der Waals surface area contributed by atoms with Crippen LogP contribution in [-0.2, 0) is 6.54 Å². The molecule has 1 aromatic rings. The van der Waals surface area contributed by atoms with E-state index in [1.54, 1.807) is 6.07 Å². The molecule has 0 spiro atoms. The number of nitrogens with zero attached hydrogens (tertiary/aromatic N) is 1. The number of amides is 1. The molecule has 0 bridgehead atoms. The monoisotopic (exact) mass is 269 g/mol. The van der Waals surface area contributed by atoms with Gasteiger partial charge in [-0.2, -0.15) is 0 Å². The van der Waals surface area contributed by atoms with Gasteiger partial charge in [-0.3, -0.25) is 15.1 Å². The summed E-state index contributed by atoms with van der Waals surface area (Å²) < 4.78 is 5.36. The lowest BCUT2D eigenvalue weighted by molar-refractivity contribution is 0.0944. The van der Waals surface area contributed by atoms with E-state index in [-0.39, 0.29) is 12.5 Å². The number of nitrogens with one attached hydrogen (secondary N) is 1. The van der Waals surface area contributed by atoms with Crippen LogP contribution in [0.2, 0.25) is 0 Å². The Morgan fingerprint density at radius 2 is 2.21 bits per heavy atom. The number of carbonyl (C=O) groups is 1. The van der Waals surface area contributed by atoms with Gasteiger partial charge in [0.15, 0.2) is 0 Å². The molecule has 0 aromatic carbocycles. The highest BCUT2D eigenvalue weighted by atomic mass is 16.3. The van der Waals surface area contributed by atoms with Crippen LogP contribution >= 0.6 is 0 Å². The van der Waals surface area contributed by atoms with Gasteiger partial charge in [-0.05, 0) is 18.9 Å². The lowest BCUT2D eigenvalue weighted by Gasteiger charge is -2.29. The number of hydrogen-bond acceptors (Lipinski definition) is 5. The van der Waals surface area contributed by atoms with E-state index in [9.17, 15) is 4.79 Å². The lowest BCUT2D eigenvalue weighted by atomic mass is 10.1. The van der Waals surface area contributed by atoms with E-state index < -0.39 is 0 Å². The number of nitrogens with two attached hydrogens (primary N) is 1.